The highest BCUT2D eigenvalue weighted by atomic mass is 35.5. The van der Waals surface area contributed by atoms with Crippen molar-refractivity contribution in [3.8, 4) is 5.75 Å². The molecule has 2 fully saturated rings. The van der Waals surface area contributed by atoms with E-state index < -0.39 is 5.92 Å². The Balaban J connectivity index is 0.000000301. The number of benzene rings is 1. The monoisotopic (exact) mass is 745 g/mol. The van der Waals surface area contributed by atoms with Crippen molar-refractivity contribution in [1.29, 1.82) is 0 Å². The van der Waals surface area contributed by atoms with Gasteiger partial charge in [0.1, 0.15) is 12.4 Å². The number of rotatable bonds is 9. The third-order valence-corrected chi connectivity index (χ3v) is 10.8. The summed E-state index contributed by atoms with van der Waals surface area (Å²) in [6.45, 7) is 12.6. The predicted molar refractivity (Wildman–Crippen MR) is 202 cm³/mol. The number of fused-ring (bicyclic) bond motifs is 1. The number of carbonyl (C=O) groups excluding carboxylic acids is 1. The van der Waals surface area contributed by atoms with Crippen LogP contribution in [0, 0.1) is 19.3 Å². The fourth-order valence-electron chi connectivity index (χ4n) is 7.11. The zero-order valence-electron chi connectivity index (χ0n) is 30.1. The standard InChI is InChI=1S/C26H35ClF2N4O2.C11H13NS.CH2O2/c1-18-11-20(27)3-6-24(18)35-10-8-30-17-32-23-5-4-21(12-22(23)19(2)34)33-9-7-25(16-33)13-26(28,29)15-31-14-25;1-7(2)9-6-13-10-5-4-8(3)12-11(9)10;2-1-3/h3,6,11,17,21,31H,4-5,7-10,12-16H2,1-2H3,(H,30,32);4-7H,1-3H3;1H,(H,2,3). The number of allylic oxidation sites excluding steroid dienone is 1. The number of alkyl halides is 2. The summed E-state index contributed by atoms with van der Waals surface area (Å²) in [6, 6.07) is 9.95. The maximum atomic E-state index is 14.0. The van der Waals surface area contributed by atoms with E-state index in [1.165, 1.54) is 15.8 Å². The lowest BCUT2D eigenvalue weighted by molar-refractivity contribution is -0.123. The lowest BCUT2D eigenvalue weighted by Crippen LogP contribution is -2.52. The molecular weight excluding hydrogens is 696 g/mol. The van der Waals surface area contributed by atoms with Gasteiger partial charge in [-0.05, 0) is 106 Å². The van der Waals surface area contributed by atoms with Crippen LogP contribution < -0.4 is 15.4 Å². The number of thiophene rings is 1. The van der Waals surface area contributed by atoms with Gasteiger partial charge in [0.15, 0.2) is 5.78 Å². The van der Waals surface area contributed by atoms with E-state index in [1.807, 2.05) is 26.0 Å². The summed E-state index contributed by atoms with van der Waals surface area (Å²) in [6.07, 6.45) is 4.65. The molecule has 0 bridgehead atoms. The number of pyridine rings is 1. The quantitative estimate of drug-likeness (QED) is 0.0881. The van der Waals surface area contributed by atoms with Gasteiger partial charge in [0.05, 0.1) is 29.6 Å². The first-order chi connectivity index (χ1) is 24.3. The summed E-state index contributed by atoms with van der Waals surface area (Å²) in [5, 5.41) is 15.9. The number of aromatic nitrogens is 1. The number of hydrogen-bond acceptors (Lipinski definition) is 8. The van der Waals surface area contributed by atoms with E-state index in [0.717, 1.165) is 54.1 Å². The summed E-state index contributed by atoms with van der Waals surface area (Å²) in [4.78, 5) is 32.0. The molecule has 3 N–H and O–H groups in total. The molecule has 278 valence electrons. The fraction of sp³-hybridized carbons (Fsp3) is 0.526. The molecule has 0 amide bonds. The van der Waals surface area contributed by atoms with Gasteiger partial charge in [-0.2, -0.15) is 0 Å². The number of hydrogen-bond donors (Lipinski definition) is 3. The molecule has 13 heteroatoms. The highest BCUT2D eigenvalue weighted by Gasteiger charge is 2.50. The Bertz CT molecular complexity index is 1710. The Hall–Kier alpha value is -3.45. The molecule has 3 aliphatic rings. The number of carbonyl (C=O) groups is 2. The van der Waals surface area contributed by atoms with Gasteiger partial charge in [0.25, 0.3) is 12.4 Å². The van der Waals surface area contributed by atoms with Gasteiger partial charge in [-0.25, -0.2) is 8.78 Å². The average Bonchev–Trinajstić information content (AvgIpc) is 3.67. The van der Waals surface area contributed by atoms with Gasteiger partial charge in [0, 0.05) is 53.0 Å². The van der Waals surface area contributed by atoms with E-state index in [2.05, 4.69) is 56.9 Å². The van der Waals surface area contributed by atoms with Gasteiger partial charge >= 0.3 is 0 Å². The van der Waals surface area contributed by atoms with Crippen LogP contribution in [0.1, 0.15) is 75.6 Å². The molecule has 1 spiro atoms. The van der Waals surface area contributed by atoms with E-state index in [-0.39, 0.29) is 36.7 Å². The first kappa shape index (κ1) is 40.3. The average molecular weight is 746 g/mol. The van der Waals surface area contributed by atoms with Crippen LogP contribution in [-0.4, -0.2) is 84.9 Å². The van der Waals surface area contributed by atoms with Gasteiger partial charge in [-0.1, -0.05) is 25.4 Å². The maximum absolute atomic E-state index is 14.0. The first-order valence-electron chi connectivity index (χ1n) is 17.4. The van der Waals surface area contributed by atoms with E-state index in [1.54, 1.807) is 30.7 Å². The van der Waals surface area contributed by atoms with Crippen LogP contribution in [0.15, 0.2) is 52.0 Å². The Morgan fingerprint density at radius 3 is 2.73 bits per heavy atom. The number of nitrogens with zero attached hydrogens (tertiary/aromatic N) is 3. The second-order valence-corrected chi connectivity index (χ2v) is 15.3. The second kappa shape index (κ2) is 18.3. The van der Waals surface area contributed by atoms with Gasteiger partial charge in [-0.3, -0.25) is 24.5 Å². The van der Waals surface area contributed by atoms with Crippen LogP contribution in [0.4, 0.5) is 8.78 Å². The fourth-order valence-corrected chi connectivity index (χ4v) is 8.40. The van der Waals surface area contributed by atoms with E-state index in [0.29, 0.717) is 43.6 Å². The van der Waals surface area contributed by atoms with Crippen molar-refractivity contribution in [2.24, 2.45) is 10.4 Å². The molecule has 2 aromatic heterocycles. The lowest BCUT2D eigenvalue weighted by atomic mass is 9.78. The minimum absolute atomic E-state index is 0.0454. The minimum atomic E-state index is -2.64. The summed E-state index contributed by atoms with van der Waals surface area (Å²) in [7, 11) is 0. The summed E-state index contributed by atoms with van der Waals surface area (Å²) in [5.74, 6) is -1.23. The number of aliphatic imine (C=N–C) groups is 1. The molecule has 9 nitrogen and oxygen atoms in total. The van der Waals surface area contributed by atoms with Crippen molar-refractivity contribution in [3.05, 3.63) is 68.8 Å². The third-order valence-electron chi connectivity index (χ3n) is 9.61. The van der Waals surface area contributed by atoms with Crippen molar-refractivity contribution < 1.29 is 28.2 Å². The SMILES string of the molecule is CC(=O)C1=C(NC=NCCOc2ccc(Cl)cc2C)CCC(N2CCC3(CNCC(F)(F)C3)C2)C1.Cc1ccc2scc(C(C)C)c2n1.O=CO. The highest BCUT2D eigenvalue weighted by molar-refractivity contribution is 7.17. The molecular formula is C38H50ClF2N5O4S. The number of piperidine rings is 1. The van der Waals surface area contributed by atoms with Gasteiger partial charge in [-0.15, -0.1) is 11.3 Å². The van der Waals surface area contributed by atoms with Gasteiger partial charge < -0.3 is 20.5 Å². The van der Waals surface area contributed by atoms with Crippen molar-refractivity contribution in [2.75, 3.05) is 39.3 Å². The molecule has 51 heavy (non-hydrogen) atoms. The Labute approximate surface area is 308 Å². The van der Waals surface area contributed by atoms with E-state index in [9.17, 15) is 13.6 Å². The van der Waals surface area contributed by atoms with Crippen molar-refractivity contribution >= 4 is 51.7 Å². The number of halogens is 3. The molecule has 3 aromatic rings. The minimum Gasteiger partial charge on any atom is -0.491 e. The number of aryl methyl sites for hydroxylation is 2. The van der Waals surface area contributed by atoms with Crippen LogP contribution in [0.2, 0.25) is 5.02 Å². The lowest BCUT2D eigenvalue weighted by Gasteiger charge is -2.40. The van der Waals surface area contributed by atoms with Crippen molar-refractivity contribution in [3.63, 3.8) is 0 Å². The van der Waals surface area contributed by atoms with Crippen LogP contribution in [0.5, 0.6) is 5.75 Å². The molecule has 0 saturated carbocycles. The van der Waals surface area contributed by atoms with E-state index in [4.69, 9.17) is 26.2 Å². The van der Waals surface area contributed by atoms with Crippen molar-refractivity contribution in [1.82, 2.24) is 20.5 Å². The van der Waals surface area contributed by atoms with Crippen molar-refractivity contribution in [2.45, 2.75) is 84.6 Å². The predicted octanol–water partition coefficient (Wildman–Crippen LogP) is 7.79. The highest BCUT2D eigenvalue weighted by Crippen LogP contribution is 2.44. The third kappa shape index (κ3) is 11.3. The molecule has 2 saturated heterocycles. The number of likely N-dealkylation sites (tertiary alicyclic amines) is 1. The smallest absolute Gasteiger partial charge is 0.290 e. The molecule has 2 atom stereocenters. The second-order valence-electron chi connectivity index (χ2n) is 14.0. The molecule has 2 aliphatic heterocycles. The summed E-state index contributed by atoms with van der Waals surface area (Å²) >= 11 is 7.76. The van der Waals surface area contributed by atoms with Crippen LogP contribution >= 0.6 is 22.9 Å². The number of carboxylic acid groups (broad SMARTS) is 1. The van der Waals surface area contributed by atoms with Crippen LogP contribution in [-0.2, 0) is 9.59 Å². The summed E-state index contributed by atoms with van der Waals surface area (Å²) in [5.41, 5.74) is 5.99. The molecule has 0 radical (unpaired) electrons. The Morgan fingerprint density at radius 2 is 2.04 bits per heavy atom. The maximum Gasteiger partial charge on any atom is 0.290 e. The molecule has 1 aliphatic carbocycles. The largest absolute Gasteiger partial charge is 0.491 e. The normalized spacial score (nSPS) is 21.7. The molecule has 2 unspecified atom stereocenters. The van der Waals surface area contributed by atoms with Gasteiger partial charge in [0.2, 0.25) is 0 Å². The Morgan fingerprint density at radius 1 is 1.27 bits per heavy atom. The van der Waals surface area contributed by atoms with Crippen LogP contribution in [0.3, 0.4) is 0 Å². The van der Waals surface area contributed by atoms with Crippen LogP contribution in [0.25, 0.3) is 10.2 Å². The number of ether oxygens (including phenoxy) is 1. The Kier molecular flexibility index (Phi) is 14.5. The first-order valence-corrected chi connectivity index (χ1v) is 18.6. The zero-order chi connectivity index (χ0) is 37.2. The topological polar surface area (TPSA) is 116 Å². The molecule has 1 aromatic carbocycles. The summed E-state index contributed by atoms with van der Waals surface area (Å²) < 4.78 is 35.1. The zero-order valence-corrected chi connectivity index (χ0v) is 31.7. The number of nitrogens with one attached hydrogen (secondary N) is 2. The number of Topliss-reactive ketones (excluding diaryl/α,β-unsaturated/α-hetero) is 1. The molecule has 4 heterocycles. The number of ketones is 1. The molecule has 6 rings (SSSR count). The van der Waals surface area contributed by atoms with E-state index >= 15 is 0 Å².